The van der Waals surface area contributed by atoms with E-state index >= 15 is 0 Å². The van der Waals surface area contributed by atoms with E-state index in [-0.39, 0.29) is 11.3 Å². The van der Waals surface area contributed by atoms with Gasteiger partial charge in [-0.05, 0) is 69.2 Å². The van der Waals surface area contributed by atoms with Crippen LogP contribution in [-0.4, -0.2) is 77.6 Å². The van der Waals surface area contributed by atoms with Gasteiger partial charge in [-0.2, -0.15) is 4.98 Å². The van der Waals surface area contributed by atoms with Crippen LogP contribution in [0.2, 0.25) is 0 Å². The summed E-state index contributed by atoms with van der Waals surface area (Å²) >= 11 is 0. The summed E-state index contributed by atoms with van der Waals surface area (Å²) in [5.41, 5.74) is 4.12. The molecule has 1 amide bonds. The molecule has 0 saturated carbocycles. The number of methoxy groups -OCH3 is 1. The average molecular weight is 600 g/mol. The molecule has 0 unspecified atom stereocenters. The number of aromatic nitrogens is 3. The maximum absolute atomic E-state index is 13.9. The number of rotatable bonds is 11. The van der Waals surface area contributed by atoms with Gasteiger partial charge in [0.15, 0.2) is 5.75 Å². The van der Waals surface area contributed by atoms with Crippen molar-refractivity contribution in [2.24, 2.45) is 7.05 Å². The average Bonchev–Trinajstić information content (AvgIpc) is 3.60. The Morgan fingerprint density at radius 3 is 2.57 bits per heavy atom. The molecule has 2 aromatic carbocycles. The van der Waals surface area contributed by atoms with Gasteiger partial charge in [-0.15, -0.1) is 0 Å². The predicted octanol–water partition coefficient (Wildman–Crippen LogP) is 5.89. The van der Waals surface area contributed by atoms with Crippen molar-refractivity contribution >= 4 is 28.4 Å². The summed E-state index contributed by atoms with van der Waals surface area (Å²) in [5.74, 6) is 2.00. The number of hydrogen-bond acceptors (Lipinski definition) is 8. The van der Waals surface area contributed by atoms with Crippen LogP contribution < -0.4 is 20.1 Å². The summed E-state index contributed by atoms with van der Waals surface area (Å²) in [6, 6.07) is 13.6. The normalized spacial score (nSPS) is 13.9. The van der Waals surface area contributed by atoms with Crippen molar-refractivity contribution in [3.05, 3.63) is 65.5 Å². The van der Waals surface area contributed by atoms with Crippen LogP contribution >= 0.6 is 0 Å². The highest BCUT2D eigenvalue weighted by Gasteiger charge is 2.24. The van der Waals surface area contributed by atoms with Crippen molar-refractivity contribution in [3.8, 4) is 17.4 Å². The molecule has 5 rings (SSSR count). The summed E-state index contributed by atoms with van der Waals surface area (Å²) in [6.07, 6.45) is 4.09. The minimum absolute atomic E-state index is 0.0971. The second-order valence-corrected chi connectivity index (χ2v) is 12.7. The highest BCUT2D eigenvalue weighted by Crippen LogP contribution is 2.37. The molecule has 10 heteroatoms. The minimum atomic E-state index is -0.222. The first-order valence-electron chi connectivity index (χ1n) is 15.3. The molecule has 1 fully saturated rings. The number of aryl methyl sites for hydroxylation is 1. The van der Waals surface area contributed by atoms with E-state index < -0.39 is 0 Å². The van der Waals surface area contributed by atoms with Gasteiger partial charge < -0.3 is 29.6 Å². The van der Waals surface area contributed by atoms with E-state index in [2.05, 4.69) is 57.2 Å². The molecule has 234 valence electrons. The first-order chi connectivity index (χ1) is 21.0. The van der Waals surface area contributed by atoms with E-state index in [4.69, 9.17) is 9.47 Å². The quantitative estimate of drug-likeness (QED) is 0.220. The fourth-order valence-electron chi connectivity index (χ4n) is 5.61. The van der Waals surface area contributed by atoms with Crippen LogP contribution in [0.3, 0.4) is 0 Å². The van der Waals surface area contributed by atoms with Crippen LogP contribution in [0.1, 0.15) is 55.2 Å². The number of likely N-dealkylation sites (tertiary alicyclic amines) is 1. The van der Waals surface area contributed by atoms with Crippen LogP contribution in [0.15, 0.2) is 48.7 Å². The van der Waals surface area contributed by atoms with Crippen LogP contribution in [0.25, 0.3) is 10.9 Å². The Hall–Kier alpha value is -4.15. The first-order valence-corrected chi connectivity index (χ1v) is 15.3. The maximum atomic E-state index is 13.9. The van der Waals surface area contributed by atoms with Gasteiger partial charge in [-0.25, -0.2) is 4.98 Å². The number of amides is 1. The molecule has 3 heterocycles. The number of likely N-dealkylation sites (N-methyl/N-ethyl adjacent to an activating group) is 1. The summed E-state index contributed by atoms with van der Waals surface area (Å²) in [4.78, 5) is 27.2. The topological polar surface area (TPSA) is 96.8 Å². The third kappa shape index (κ3) is 7.14. The second kappa shape index (κ2) is 13.2. The van der Waals surface area contributed by atoms with Gasteiger partial charge in [0, 0.05) is 49.9 Å². The Kier molecular flexibility index (Phi) is 9.41. The zero-order valence-corrected chi connectivity index (χ0v) is 27.0. The van der Waals surface area contributed by atoms with Gasteiger partial charge in [0.05, 0.1) is 18.3 Å². The number of hydrogen-bond donors (Lipinski definition) is 2. The van der Waals surface area contributed by atoms with Crippen LogP contribution in [0.5, 0.6) is 17.4 Å². The van der Waals surface area contributed by atoms with Crippen molar-refractivity contribution in [2.45, 2.75) is 45.6 Å². The van der Waals surface area contributed by atoms with Gasteiger partial charge >= 0.3 is 0 Å². The SMILES string of the molecule is COc1c(CN2CCCC2)cc(C(C)(C)C)cc1NC(=O)c1cc2cccc(Oc3ccnc(NCCN(C)C)n3)c2n1C. The van der Waals surface area contributed by atoms with Crippen molar-refractivity contribution in [1.29, 1.82) is 0 Å². The summed E-state index contributed by atoms with van der Waals surface area (Å²) in [7, 11) is 7.58. The fraction of sp³-hybridized carbons (Fsp3) is 0.441. The minimum Gasteiger partial charge on any atom is -0.494 e. The number of anilines is 2. The van der Waals surface area contributed by atoms with Gasteiger partial charge in [-0.1, -0.05) is 39.0 Å². The summed E-state index contributed by atoms with van der Waals surface area (Å²) in [6.45, 7) is 11.1. The van der Waals surface area contributed by atoms with E-state index in [9.17, 15) is 4.79 Å². The van der Waals surface area contributed by atoms with E-state index in [1.54, 1.807) is 19.4 Å². The van der Waals surface area contributed by atoms with Gasteiger partial charge in [0.25, 0.3) is 5.91 Å². The number of fused-ring (bicyclic) bond motifs is 1. The monoisotopic (exact) mass is 599 g/mol. The third-order valence-corrected chi connectivity index (χ3v) is 8.02. The Morgan fingerprint density at radius 1 is 1.09 bits per heavy atom. The largest absolute Gasteiger partial charge is 0.494 e. The standard InChI is InChI=1S/C34H45N7O3/c1-34(2,3)25-19-24(22-41-16-8-9-17-41)31(43-7)26(21-25)37-32(42)27-20-23-11-10-12-28(30(23)40(27)6)44-29-13-14-35-33(38-29)36-15-18-39(4)5/h10-14,19-21H,8-9,15-18,22H2,1-7H3,(H,37,42)(H,35,36,38). The smallest absolute Gasteiger partial charge is 0.272 e. The highest BCUT2D eigenvalue weighted by atomic mass is 16.5. The molecule has 2 N–H and O–H groups in total. The Bertz CT molecular complexity index is 1620. The lowest BCUT2D eigenvalue weighted by atomic mass is 9.85. The van der Waals surface area contributed by atoms with E-state index in [0.717, 1.165) is 48.2 Å². The molecule has 4 aromatic rings. The molecule has 0 atom stereocenters. The lowest BCUT2D eigenvalue weighted by molar-refractivity contribution is 0.101. The molecule has 0 spiro atoms. The van der Waals surface area contributed by atoms with Gasteiger partial charge in [-0.3, -0.25) is 9.69 Å². The number of nitrogens with one attached hydrogen (secondary N) is 2. The van der Waals surface area contributed by atoms with Crippen LogP contribution in [0.4, 0.5) is 11.6 Å². The maximum Gasteiger partial charge on any atom is 0.272 e. The molecule has 1 aliphatic heterocycles. The number of nitrogens with zero attached hydrogens (tertiary/aromatic N) is 5. The molecule has 0 aliphatic carbocycles. The number of carbonyl (C=O) groups excluding carboxylic acids is 1. The van der Waals surface area contributed by atoms with Gasteiger partial charge in [0.2, 0.25) is 11.8 Å². The molecule has 1 saturated heterocycles. The van der Waals surface area contributed by atoms with Gasteiger partial charge in [0.1, 0.15) is 11.4 Å². The number of carbonyl (C=O) groups is 1. The Labute approximate surface area is 260 Å². The molecular formula is C34H45N7O3. The van der Waals surface area contributed by atoms with Crippen molar-refractivity contribution in [1.82, 2.24) is 24.3 Å². The summed E-state index contributed by atoms with van der Waals surface area (Å²) < 4.78 is 14.0. The summed E-state index contributed by atoms with van der Waals surface area (Å²) in [5, 5.41) is 7.30. The lowest BCUT2D eigenvalue weighted by Crippen LogP contribution is -2.22. The molecule has 1 aliphatic rings. The molecule has 44 heavy (non-hydrogen) atoms. The fourth-order valence-corrected chi connectivity index (χ4v) is 5.61. The Balaban J connectivity index is 1.43. The molecule has 10 nitrogen and oxygen atoms in total. The second-order valence-electron chi connectivity index (χ2n) is 12.7. The Morgan fingerprint density at radius 2 is 1.86 bits per heavy atom. The molecule has 2 aromatic heterocycles. The lowest BCUT2D eigenvalue weighted by Gasteiger charge is -2.25. The third-order valence-electron chi connectivity index (χ3n) is 8.02. The van der Waals surface area contributed by atoms with Crippen molar-refractivity contribution in [2.75, 3.05) is 58.0 Å². The zero-order chi connectivity index (χ0) is 31.4. The predicted molar refractivity (Wildman–Crippen MR) is 176 cm³/mol. The van der Waals surface area contributed by atoms with Crippen molar-refractivity contribution in [3.63, 3.8) is 0 Å². The van der Waals surface area contributed by atoms with Crippen LogP contribution in [0, 0.1) is 0 Å². The number of ether oxygens (including phenoxy) is 2. The first kappa shape index (κ1) is 31.3. The molecular weight excluding hydrogens is 554 g/mol. The van der Waals surface area contributed by atoms with E-state index in [0.29, 0.717) is 41.3 Å². The molecule has 0 radical (unpaired) electrons. The van der Waals surface area contributed by atoms with E-state index in [1.807, 2.05) is 56.0 Å². The number of para-hydroxylation sites is 1. The highest BCUT2D eigenvalue weighted by molar-refractivity contribution is 6.07. The zero-order valence-electron chi connectivity index (χ0n) is 27.0. The van der Waals surface area contributed by atoms with E-state index in [1.165, 1.54) is 12.8 Å². The van der Waals surface area contributed by atoms with Crippen molar-refractivity contribution < 1.29 is 14.3 Å². The van der Waals surface area contributed by atoms with Crippen LogP contribution in [-0.2, 0) is 19.0 Å². The molecule has 0 bridgehead atoms. The number of benzene rings is 2.